The topological polar surface area (TPSA) is 58.9 Å². The van der Waals surface area contributed by atoms with Gasteiger partial charge in [-0.3, -0.25) is 4.79 Å². The van der Waals surface area contributed by atoms with E-state index in [-0.39, 0.29) is 5.78 Å². The lowest BCUT2D eigenvalue weighted by Crippen LogP contribution is -2.08. The minimum Gasteiger partial charge on any atom is -0.360 e. The highest BCUT2D eigenvalue weighted by Gasteiger charge is 2.12. The lowest BCUT2D eigenvalue weighted by Gasteiger charge is -2.01. The molecule has 2 aromatic rings. The predicted molar refractivity (Wildman–Crippen MR) is 64.0 cm³/mol. The van der Waals surface area contributed by atoms with E-state index in [4.69, 9.17) is 5.73 Å². The molecule has 0 radical (unpaired) electrons. The van der Waals surface area contributed by atoms with Crippen LogP contribution in [-0.2, 0) is 0 Å². The van der Waals surface area contributed by atoms with Crippen molar-refractivity contribution in [1.82, 2.24) is 4.98 Å². The average molecular weight is 267 g/mol. The maximum atomic E-state index is 11.8. The molecule has 0 atom stereocenters. The summed E-state index contributed by atoms with van der Waals surface area (Å²) in [5.41, 5.74) is 7.07. The van der Waals surface area contributed by atoms with Crippen molar-refractivity contribution in [1.29, 1.82) is 0 Å². The Balaban J connectivity index is 2.59. The van der Waals surface area contributed by atoms with E-state index in [0.29, 0.717) is 13.0 Å². The van der Waals surface area contributed by atoms with Crippen molar-refractivity contribution in [2.24, 2.45) is 5.73 Å². The molecule has 0 bridgehead atoms. The van der Waals surface area contributed by atoms with Crippen LogP contribution in [0.5, 0.6) is 0 Å². The third kappa shape index (κ3) is 1.82. The number of rotatable bonds is 3. The zero-order chi connectivity index (χ0) is 10.8. The van der Waals surface area contributed by atoms with Gasteiger partial charge in [-0.25, -0.2) is 0 Å². The number of hydrogen-bond acceptors (Lipinski definition) is 2. The molecule has 0 saturated heterocycles. The summed E-state index contributed by atoms with van der Waals surface area (Å²) >= 11 is 3.42. The normalized spacial score (nSPS) is 10.8. The molecular formula is C11H11BrN2O. The molecule has 0 fully saturated rings. The van der Waals surface area contributed by atoms with Crippen molar-refractivity contribution in [3.63, 3.8) is 0 Å². The summed E-state index contributed by atoms with van der Waals surface area (Å²) in [4.78, 5) is 14.9. The van der Waals surface area contributed by atoms with Crippen molar-refractivity contribution in [3.8, 4) is 0 Å². The molecular weight excluding hydrogens is 256 g/mol. The average Bonchev–Trinajstić information content (AvgIpc) is 2.61. The molecule has 3 N–H and O–H groups in total. The van der Waals surface area contributed by atoms with Crippen LogP contribution in [0.25, 0.3) is 10.9 Å². The molecule has 0 saturated carbocycles. The van der Waals surface area contributed by atoms with Gasteiger partial charge in [-0.1, -0.05) is 12.1 Å². The highest BCUT2D eigenvalue weighted by atomic mass is 79.9. The van der Waals surface area contributed by atoms with Crippen LogP contribution in [-0.4, -0.2) is 17.3 Å². The number of halogens is 1. The molecule has 78 valence electrons. The third-order valence-corrected chi connectivity index (χ3v) is 2.95. The molecule has 0 aliphatic rings. The first-order valence-corrected chi connectivity index (χ1v) is 5.52. The largest absolute Gasteiger partial charge is 0.360 e. The van der Waals surface area contributed by atoms with Crippen LogP contribution < -0.4 is 5.73 Å². The second-order valence-corrected chi connectivity index (χ2v) is 4.18. The Labute approximate surface area is 95.8 Å². The molecule has 3 nitrogen and oxygen atoms in total. The number of Topliss-reactive ketones (excluding diaryl/α,β-unsaturated/α-hetero) is 1. The SMILES string of the molecule is NCCC(=O)c1cccc2[nH]cc(Br)c12. The summed E-state index contributed by atoms with van der Waals surface area (Å²) < 4.78 is 0.915. The molecule has 4 heteroatoms. The first-order valence-electron chi connectivity index (χ1n) is 4.73. The Morgan fingerprint density at radius 1 is 1.47 bits per heavy atom. The van der Waals surface area contributed by atoms with Crippen molar-refractivity contribution in [3.05, 3.63) is 34.4 Å². The van der Waals surface area contributed by atoms with E-state index < -0.39 is 0 Å². The number of hydrogen-bond donors (Lipinski definition) is 2. The summed E-state index contributed by atoms with van der Waals surface area (Å²) in [5, 5.41) is 0.941. The lowest BCUT2D eigenvalue weighted by atomic mass is 10.0. The smallest absolute Gasteiger partial charge is 0.164 e. The Kier molecular flexibility index (Phi) is 2.88. The number of aromatic amines is 1. The maximum absolute atomic E-state index is 11.8. The summed E-state index contributed by atoms with van der Waals surface area (Å²) in [7, 11) is 0. The zero-order valence-corrected chi connectivity index (χ0v) is 9.67. The summed E-state index contributed by atoms with van der Waals surface area (Å²) in [6, 6.07) is 5.65. The van der Waals surface area contributed by atoms with Crippen molar-refractivity contribution in [2.75, 3.05) is 6.54 Å². The van der Waals surface area contributed by atoms with Crippen LogP contribution in [0.3, 0.4) is 0 Å². The van der Waals surface area contributed by atoms with Crippen LogP contribution >= 0.6 is 15.9 Å². The van der Waals surface area contributed by atoms with E-state index in [1.807, 2.05) is 24.4 Å². The van der Waals surface area contributed by atoms with Gasteiger partial charge in [-0.2, -0.15) is 0 Å². The van der Waals surface area contributed by atoms with E-state index >= 15 is 0 Å². The Morgan fingerprint density at radius 3 is 3.00 bits per heavy atom. The van der Waals surface area contributed by atoms with E-state index in [0.717, 1.165) is 20.9 Å². The minimum atomic E-state index is 0.0865. The van der Waals surface area contributed by atoms with Crippen molar-refractivity contribution >= 4 is 32.6 Å². The third-order valence-electron chi connectivity index (χ3n) is 2.33. The van der Waals surface area contributed by atoms with Gasteiger partial charge in [0.1, 0.15) is 0 Å². The molecule has 15 heavy (non-hydrogen) atoms. The number of carbonyl (C=O) groups excluding carboxylic acids is 1. The molecule has 1 heterocycles. The zero-order valence-electron chi connectivity index (χ0n) is 8.09. The number of aromatic nitrogens is 1. The number of nitrogens with one attached hydrogen (secondary N) is 1. The van der Waals surface area contributed by atoms with E-state index in [1.54, 1.807) is 0 Å². The monoisotopic (exact) mass is 266 g/mol. The minimum absolute atomic E-state index is 0.0865. The van der Waals surface area contributed by atoms with Crippen LogP contribution in [0.1, 0.15) is 16.8 Å². The summed E-state index contributed by atoms with van der Waals surface area (Å²) in [6.45, 7) is 0.386. The quantitative estimate of drug-likeness (QED) is 0.839. The number of carbonyl (C=O) groups is 1. The summed E-state index contributed by atoms with van der Waals surface area (Å²) in [6.07, 6.45) is 2.22. The Morgan fingerprint density at radius 2 is 2.27 bits per heavy atom. The standard InChI is InChI=1S/C11H11BrN2O/c12-8-6-14-9-3-1-2-7(11(8)9)10(15)4-5-13/h1-3,6,14H,4-5,13H2. The van der Waals surface area contributed by atoms with Gasteiger partial charge in [-0.05, 0) is 28.5 Å². The van der Waals surface area contributed by atoms with Gasteiger partial charge in [0, 0.05) is 33.6 Å². The number of nitrogens with two attached hydrogens (primary N) is 1. The molecule has 0 amide bonds. The fourth-order valence-electron chi connectivity index (χ4n) is 1.64. The Bertz CT molecular complexity index is 504. The van der Waals surface area contributed by atoms with E-state index in [1.165, 1.54) is 0 Å². The van der Waals surface area contributed by atoms with Crippen LogP contribution in [0.2, 0.25) is 0 Å². The van der Waals surface area contributed by atoms with Crippen molar-refractivity contribution in [2.45, 2.75) is 6.42 Å². The van der Waals surface area contributed by atoms with Gasteiger partial charge in [0.05, 0.1) is 0 Å². The maximum Gasteiger partial charge on any atom is 0.164 e. The fraction of sp³-hybridized carbons (Fsp3) is 0.182. The van der Waals surface area contributed by atoms with Crippen LogP contribution in [0.4, 0.5) is 0 Å². The van der Waals surface area contributed by atoms with Gasteiger partial charge < -0.3 is 10.7 Å². The highest BCUT2D eigenvalue weighted by Crippen LogP contribution is 2.27. The second-order valence-electron chi connectivity index (χ2n) is 3.33. The number of H-pyrrole nitrogens is 1. The summed E-state index contributed by atoms with van der Waals surface area (Å²) in [5.74, 6) is 0.0865. The van der Waals surface area contributed by atoms with Gasteiger partial charge in [-0.15, -0.1) is 0 Å². The lowest BCUT2D eigenvalue weighted by molar-refractivity contribution is 0.0987. The number of benzene rings is 1. The van der Waals surface area contributed by atoms with Gasteiger partial charge >= 0.3 is 0 Å². The van der Waals surface area contributed by atoms with Gasteiger partial charge in [0.25, 0.3) is 0 Å². The fourth-order valence-corrected chi connectivity index (χ4v) is 2.18. The predicted octanol–water partition coefficient (Wildman–Crippen LogP) is 2.46. The van der Waals surface area contributed by atoms with E-state index in [9.17, 15) is 4.79 Å². The first-order chi connectivity index (χ1) is 7.24. The van der Waals surface area contributed by atoms with E-state index in [2.05, 4.69) is 20.9 Å². The highest BCUT2D eigenvalue weighted by molar-refractivity contribution is 9.10. The number of fused-ring (bicyclic) bond motifs is 1. The molecule has 0 unspecified atom stereocenters. The molecule has 1 aromatic heterocycles. The molecule has 0 spiro atoms. The molecule has 2 rings (SSSR count). The van der Waals surface area contributed by atoms with Crippen LogP contribution in [0.15, 0.2) is 28.9 Å². The second kappa shape index (κ2) is 4.16. The first kappa shape index (κ1) is 10.4. The van der Waals surface area contributed by atoms with Gasteiger partial charge in [0.2, 0.25) is 0 Å². The number of ketones is 1. The molecule has 0 aliphatic heterocycles. The van der Waals surface area contributed by atoms with Crippen LogP contribution in [0, 0.1) is 0 Å². The molecule has 1 aromatic carbocycles. The van der Waals surface area contributed by atoms with Gasteiger partial charge in [0.15, 0.2) is 5.78 Å². The Hall–Kier alpha value is -1.13. The van der Waals surface area contributed by atoms with Crippen molar-refractivity contribution < 1.29 is 4.79 Å². The molecule has 0 aliphatic carbocycles.